The summed E-state index contributed by atoms with van der Waals surface area (Å²) < 4.78 is 46.5. The van der Waals surface area contributed by atoms with Crippen LogP contribution in [0, 0.1) is 15.9 Å². The number of hydrogen-bond donors (Lipinski definition) is 1. The van der Waals surface area contributed by atoms with Gasteiger partial charge in [0.05, 0.1) is 18.1 Å². The smallest absolute Gasteiger partial charge is 0.289 e. The van der Waals surface area contributed by atoms with Crippen molar-refractivity contribution >= 4 is 15.7 Å². The monoisotopic (exact) mass is 409 g/mol. The third-order valence-electron chi connectivity index (χ3n) is 4.56. The minimum atomic E-state index is -4.11. The second-order valence-electron chi connectivity index (χ2n) is 6.29. The fourth-order valence-electron chi connectivity index (χ4n) is 3.13. The Morgan fingerprint density at radius 2 is 1.79 bits per heavy atom. The van der Waals surface area contributed by atoms with E-state index in [0.29, 0.717) is 26.3 Å². The van der Waals surface area contributed by atoms with Gasteiger partial charge in [-0.15, -0.1) is 0 Å². The Hall–Kier alpha value is -2.40. The lowest BCUT2D eigenvalue weighted by molar-refractivity contribution is -0.387. The van der Waals surface area contributed by atoms with E-state index in [2.05, 4.69) is 4.72 Å². The lowest BCUT2D eigenvalue weighted by atomic mass is 10.0. The number of halogens is 1. The van der Waals surface area contributed by atoms with E-state index in [1.807, 2.05) is 4.90 Å². The van der Waals surface area contributed by atoms with E-state index in [1.54, 1.807) is 12.1 Å². The van der Waals surface area contributed by atoms with E-state index < -0.39 is 20.6 Å². The molecule has 1 saturated heterocycles. The van der Waals surface area contributed by atoms with Gasteiger partial charge in [-0.25, -0.2) is 17.5 Å². The highest BCUT2D eigenvalue weighted by Crippen LogP contribution is 2.25. The molecule has 28 heavy (non-hydrogen) atoms. The first kappa shape index (κ1) is 20.3. The third kappa shape index (κ3) is 4.71. The first-order chi connectivity index (χ1) is 13.4. The summed E-state index contributed by atoms with van der Waals surface area (Å²) in [4.78, 5) is 12.1. The molecule has 0 aromatic heterocycles. The number of benzene rings is 2. The second kappa shape index (κ2) is 8.74. The van der Waals surface area contributed by atoms with Crippen molar-refractivity contribution in [2.45, 2.75) is 10.9 Å². The molecule has 10 heteroatoms. The van der Waals surface area contributed by atoms with Crippen molar-refractivity contribution in [1.29, 1.82) is 0 Å². The van der Waals surface area contributed by atoms with Crippen LogP contribution in [-0.2, 0) is 14.8 Å². The molecule has 0 unspecified atom stereocenters. The summed E-state index contributed by atoms with van der Waals surface area (Å²) in [5, 5.41) is 11.2. The lowest BCUT2D eigenvalue weighted by Gasteiger charge is -2.34. The number of nitro benzene ring substituents is 1. The predicted molar refractivity (Wildman–Crippen MR) is 99.8 cm³/mol. The van der Waals surface area contributed by atoms with Gasteiger partial charge >= 0.3 is 0 Å². The van der Waals surface area contributed by atoms with Gasteiger partial charge in [0.25, 0.3) is 5.69 Å². The number of ether oxygens (including phenoxy) is 1. The topological polar surface area (TPSA) is 102 Å². The number of hydrogen-bond acceptors (Lipinski definition) is 6. The molecule has 1 heterocycles. The highest BCUT2D eigenvalue weighted by atomic mass is 32.2. The van der Waals surface area contributed by atoms with Crippen LogP contribution >= 0.6 is 0 Å². The van der Waals surface area contributed by atoms with Crippen LogP contribution in [-0.4, -0.2) is 51.1 Å². The third-order valence-corrected chi connectivity index (χ3v) is 6.03. The van der Waals surface area contributed by atoms with Crippen molar-refractivity contribution in [3.63, 3.8) is 0 Å². The quantitative estimate of drug-likeness (QED) is 0.555. The molecule has 1 N–H and O–H groups in total. The summed E-state index contributed by atoms with van der Waals surface area (Å²) in [5.41, 5.74) is 0.258. The van der Waals surface area contributed by atoms with Crippen molar-refractivity contribution < 1.29 is 22.5 Å². The number of rotatable bonds is 7. The molecule has 2 aromatic carbocycles. The van der Waals surface area contributed by atoms with Crippen LogP contribution in [0.15, 0.2) is 53.4 Å². The number of para-hydroxylation sites is 1. The first-order valence-corrected chi connectivity index (χ1v) is 10.2. The maximum absolute atomic E-state index is 13.3. The van der Waals surface area contributed by atoms with Gasteiger partial charge in [0, 0.05) is 31.7 Å². The minimum absolute atomic E-state index is 0.0139. The number of nitrogens with one attached hydrogen (secondary N) is 1. The number of morpholine rings is 1. The highest BCUT2D eigenvalue weighted by Gasteiger charge is 2.28. The van der Waals surface area contributed by atoms with Crippen molar-refractivity contribution in [2.24, 2.45) is 0 Å². The molecule has 1 aliphatic heterocycles. The van der Waals surface area contributed by atoms with Gasteiger partial charge < -0.3 is 4.74 Å². The Morgan fingerprint density at radius 1 is 1.14 bits per heavy atom. The molecule has 0 amide bonds. The van der Waals surface area contributed by atoms with Crippen LogP contribution in [0.4, 0.5) is 10.1 Å². The molecule has 0 saturated carbocycles. The van der Waals surface area contributed by atoms with Crippen LogP contribution in [0.25, 0.3) is 0 Å². The van der Waals surface area contributed by atoms with Crippen molar-refractivity contribution in [3.05, 3.63) is 70.0 Å². The van der Waals surface area contributed by atoms with Gasteiger partial charge in [-0.1, -0.05) is 24.3 Å². The Morgan fingerprint density at radius 3 is 2.43 bits per heavy atom. The van der Waals surface area contributed by atoms with Gasteiger partial charge in [-0.05, 0) is 23.8 Å². The summed E-state index contributed by atoms with van der Waals surface area (Å²) >= 11 is 0. The van der Waals surface area contributed by atoms with Gasteiger partial charge in [0.1, 0.15) is 5.82 Å². The molecule has 0 aliphatic carbocycles. The van der Waals surface area contributed by atoms with Crippen LogP contribution in [0.2, 0.25) is 0 Å². The Labute approximate surface area is 162 Å². The molecule has 1 aliphatic rings. The molecule has 3 rings (SSSR count). The minimum Gasteiger partial charge on any atom is -0.379 e. The Balaban J connectivity index is 1.85. The maximum Gasteiger partial charge on any atom is 0.289 e. The summed E-state index contributed by atoms with van der Waals surface area (Å²) in [6.45, 7) is 2.19. The number of sulfonamides is 1. The zero-order chi connectivity index (χ0) is 20.1. The highest BCUT2D eigenvalue weighted by molar-refractivity contribution is 7.89. The number of nitrogens with zero attached hydrogens (tertiary/aromatic N) is 2. The lowest BCUT2D eigenvalue weighted by Crippen LogP contribution is -2.43. The molecule has 0 spiro atoms. The predicted octanol–water partition coefficient (Wildman–Crippen LogP) is 2.09. The van der Waals surface area contributed by atoms with Gasteiger partial charge in [-0.3, -0.25) is 15.0 Å². The molecule has 150 valence electrons. The molecular weight excluding hydrogens is 389 g/mol. The van der Waals surface area contributed by atoms with Crippen LogP contribution in [0.1, 0.15) is 11.6 Å². The molecule has 2 aromatic rings. The van der Waals surface area contributed by atoms with Crippen molar-refractivity contribution in [1.82, 2.24) is 9.62 Å². The van der Waals surface area contributed by atoms with E-state index in [0.717, 1.165) is 11.6 Å². The summed E-state index contributed by atoms with van der Waals surface area (Å²) in [6.07, 6.45) is 0. The zero-order valence-corrected chi connectivity index (χ0v) is 15.8. The SMILES string of the molecule is O=[N+]([O-])c1ccccc1S(=O)(=O)NC[C@@H](c1ccc(F)cc1)N1CCOCC1. The maximum atomic E-state index is 13.3. The van der Waals surface area contributed by atoms with Crippen molar-refractivity contribution in [3.8, 4) is 0 Å². The first-order valence-electron chi connectivity index (χ1n) is 8.69. The fraction of sp³-hybridized carbons (Fsp3) is 0.333. The molecule has 0 radical (unpaired) electrons. The largest absolute Gasteiger partial charge is 0.379 e. The van der Waals surface area contributed by atoms with E-state index in [9.17, 15) is 22.9 Å². The Kier molecular flexibility index (Phi) is 6.35. The van der Waals surface area contributed by atoms with Crippen LogP contribution in [0.3, 0.4) is 0 Å². The van der Waals surface area contributed by atoms with E-state index in [4.69, 9.17) is 4.74 Å². The van der Waals surface area contributed by atoms with Gasteiger partial charge in [-0.2, -0.15) is 0 Å². The van der Waals surface area contributed by atoms with Crippen LogP contribution in [0.5, 0.6) is 0 Å². The normalized spacial score (nSPS) is 16.6. The second-order valence-corrected chi connectivity index (χ2v) is 8.03. The summed E-state index contributed by atoms with van der Waals surface area (Å²) in [5.74, 6) is -0.384. The molecule has 0 bridgehead atoms. The van der Waals surface area contributed by atoms with Crippen LogP contribution < -0.4 is 4.72 Å². The Bertz CT molecular complexity index is 930. The van der Waals surface area contributed by atoms with Gasteiger partial charge in [0.2, 0.25) is 10.0 Å². The van der Waals surface area contributed by atoms with E-state index in [-0.39, 0.29) is 23.3 Å². The average molecular weight is 409 g/mol. The summed E-state index contributed by atoms with van der Waals surface area (Å²) in [7, 11) is -4.11. The molecular formula is C18H20FN3O5S. The van der Waals surface area contributed by atoms with E-state index >= 15 is 0 Å². The number of nitro groups is 1. The fourth-order valence-corrected chi connectivity index (χ4v) is 4.34. The molecule has 1 atom stereocenters. The van der Waals surface area contributed by atoms with Crippen molar-refractivity contribution in [2.75, 3.05) is 32.8 Å². The zero-order valence-electron chi connectivity index (χ0n) is 15.0. The van der Waals surface area contributed by atoms with E-state index in [1.165, 1.54) is 30.3 Å². The van der Waals surface area contributed by atoms with Gasteiger partial charge in [0.15, 0.2) is 4.90 Å². The summed E-state index contributed by atoms with van der Waals surface area (Å²) in [6, 6.07) is 10.7. The molecule has 8 nitrogen and oxygen atoms in total. The average Bonchev–Trinajstić information content (AvgIpc) is 2.70. The standard InChI is InChI=1S/C18H20FN3O5S/c19-15-7-5-14(6-8-15)17(21-9-11-27-12-10-21)13-20-28(25,26)18-4-2-1-3-16(18)22(23)24/h1-8,17,20H,9-13H2/t17-/m0/s1. The molecule has 1 fully saturated rings.